The molecule has 1 fully saturated rings. The maximum Gasteiger partial charge on any atom is 0.387 e. The van der Waals surface area contributed by atoms with Crippen LogP contribution in [0.1, 0.15) is 28.8 Å². The zero-order chi connectivity index (χ0) is 18.5. The second-order valence-electron chi connectivity index (χ2n) is 5.90. The van der Waals surface area contributed by atoms with E-state index in [1.54, 1.807) is 41.3 Å². The summed E-state index contributed by atoms with van der Waals surface area (Å²) in [6.45, 7) is -1.89. The normalized spacial score (nSPS) is 14.0. The molecule has 0 atom stereocenters. The number of anilines is 1. The number of alkyl halides is 2. The van der Waals surface area contributed by atoms with Crippen molar-refractivity contribution >= 4 is 17.5 Å². The molecule has 0 unspecified atom stereocenters. The number of nitrogens with one attached hydrogen (secondary N) is 1. The highest BCUT2D eigenvalue weighted by Crippen LogP contribution is 2.21. The van der Waals surface area contributed by atoms with Gasteiger partial charge >= 0.3 is 6.61 Å². The Kier molecular flexibility index (Phi) is 5.46. The first-order valence-electron chi connectivity index (χ1n) is 8.25. The van der Waals surface area contributed by atoms with Crippen molar-refractivity contribution in [2.75, 3.05) is 11.4 Å². The smallest absolute Gasteiger partial charge is 0.387 e. The van der Waals surface area contributed by atoms with Crippen LogP contribution in [0, 0.1) is 0 Å². The lowest BCUT2D eigenvalue weighted by molar-refractivity contribution is -0.117. The van der Waals surface area contributed by atoms with Gasteiger partial charge in [-0.1, -0.05) is 12.1 Å². The molecule has 1 N–H and O–H groups in total. The van der Waals surface area contributed by atoms with E-state index >= 15 is 0 Å². The molecule has 0 radical (unpaired) electrons. The largest absolute Gasteiger partial charge is 0.435 e. The van der Waals surface area contributed by atoms with Crippen LogP contribution in [0.3, 0.4) is 0 Å². The van der Waals surface area contributed by atoms with Gasteiger partial charge in [0, 0.05) is 30.8 Å². The van der Waals surface area contributed by atoms with Crippen molar-refractivity contribution in [1.82, 2.24) is 5.32 Å². The van der Waals surface area contributed by atoms with Gasteiger partial charge in [-0.3, -0.25) is 9.59 Å². The Labute approximate surface area is 149 Å². The minimum atomic E-state index is -2.86. The number of nitrogens with zero attached hydrogens (tertiary/aromatic N) is 1. The molecule has 7 heteroatoms. The van der Waals surface area contributed by atoms with E-state index in [4.69, 9.17) is 0 Å². The fraction of sp³-hybridized carbons (Fsp3) is 0.263. The Morgan fingerprint density at radius 1 is 1.12 bits per heavy atom. The third-order valence-electron chi connectivity index (χ3n) is 4.12. The van der Waals surface area contributed by atoms with Crippen LogP contribution in [-0.2, 0) is 11.3 Å². The highest BCUT2D eigenvalue weighted by molar-refractivity contribution is 5.97. The second-order valence-corrected chi connectivity index (χ2v) is 5.90. The highest BCUT2D eigenvalue weighted by atomic mass is 19.3. The van der Waals surface area contributed by atoms with Gasteiger partial charge in [0.15, 0.2) is 0 Å². The molecule has 0 aliphatic carbocycles. The van der Waals surface area contributed by atoms with Gasteiger partial charge in [0.1, 0.15) is 5.75 Å². The zero-order valence-electron chi connectivity index (χ0n) is 14.0. The lowest BCUT2D eigenvalue weighted by atomic mass is 10.1. The van der Waals surface area contributed by atoms with Crippen LogP contribution in [0.5, 0.6) is 5.75 Å². The monoisotopic (exact) mass is 360 g/mol. The number of hydrogen-bond acceptors (Lipinski definition) is 3. The number of benzene rings is 2. The Morgan fingerprint density at radius 2 is 1.81 bits per heavy atom. The highest BCUT2D eigenvalue weighted by Gasteiger charge is 2.21. The van der Waals surface area contributed by atoms with Gasteiger partial charge in [-0.2, -0.15) is 8.78 Å². The van der Waals surface area contributed by atoms with Crippen molar-refractivity contribution in [3.8, 4) is 5.75 Å². The number of hydrogen-bond donors (Lipinski definition) is 1. The van der Waals surface area contributed by atoms with Crippen molar-refractivity contribution in [3.05, 3.63) is 59.7 Å². The van der Waals surface area contributed by atoms with Gasteiger partial charge in [-0.15, -0.1) is 0 Å². The molecule has 3 rings (SSSR count). The van der Waals surface area contributed by atoms with E-state index in [0.29, 0.717) is 18.5 Å². The minimum absolute atomic E-state index is 0.0714. The van der Waals surface area contributed by atoms with Crippen molar-refractivity contribution in [2.45, 2.75) is 26.0 Å². The first-order valence-corrected chi connectivity index (χ1v) is 8.25. The van der Waals surface area contributed by atoms with Crippen LogP contribution < -0.4 is 15.0 Å². The van der Waals surface area contributed by atoms with Gasteiger partial charge in [-0.25, -0.2) is 0 Å². The molecular weight excluding hydrogens is 342 g/mol. The molecule has 0 aromatic heterocycles. The summed E-state index contributed by atoms with van der Waals surface area (Å²) in [6, 6.07) is 12.9. The molecule has 0 saturated carbocycles. The molecule has 5 nitrogen and oxygen atoms in total. The van der Waals surface area contributed by atoms with Crippen molar-refractivity contribution < 1.29 is 23.1 Å². The van der Waals surface area contributed by atoms with Gasteiger partial charge in [0.05, 0.1) is 0 Å². The molecule has 26 heavy (non-hydrogen) atoms. The molecule has 2 amide bonds. The Hall–Kier alpha value is -2.96. The second kappa shape index (κ2) is 7.95. The molecular formula is C19H18F2N2O3. The van der Waals surface area contributed by atoms with Crippen molar-refractivity contribution in [3.63, 3.8) is 0 Å². The van der Waals surface area contributed by atoms with E-state index in [2.05, 4.69) is 10.1 Å². The first-order chi connectivity index (χ1) is 12.5. The van der Waals surface area contributed by atoms with E-state index in [0.717, 1.165) is 17.7 Å². The van der Waals surface area contributed by atoms with E-state index in [-0.39, 0.29) is 24.1 Å². The molecule has 1 heterocycles. The number of amides is 2. The summed E-state index contributed by atoms with van der Waals surface area (Å²) in [5.74, 6) is -0.0826. The average molecular weight is 360 g/mol. The van der Waals surface area contributed by atoms with Crippen LogP contribution in [0.4, 0.5) is 14.5 Å². The van der Waals surface area contributed by atoms with Gasteiger partial charge in [-0.05, 0) is 48.4 Å². The Balaban J connectivity index is 1.55. The van der Waals surface area contributed by atoms with E-state index in [1.807, 2.05) is 0 Å². The zero-order valence-corrected chi connectivity index (χ0v) is 14.0. The lowest BCUT2D eigenvalue weighted by Crippen LogP contribution is -2.24. The topological polar surface area (TPSA) is 58.6 Å². The summed E-state index contributed by atoms with van der Waals surface area (Å²) in [5, 5.41) is 2.76. The predicted molar refractivity (Wildman–Crippen MR) is 92.3 cm³/mol. The number of carbonyl (C=O) groups is 2. The SMILES string of the molecule is O=C(NCc1ccc(OC(F)F)cc1)c1ccc(N2CCCC2=O)cc1. The maximum absolute atomic E-state index is 12.2. The van der Waals surface area contributed by atoms with Crippen LogP contribution in [0.25, 0.3) is 0 Å². The average Bonchev–Trinajstić information content (AvgIpc) is 3.06. The fourth-order valence-electron chi connectivity index (χ4n) is 2.79. The molecule has 1 aliphatic rings. The molecule has 136 valence electrons. The van der Waals surface area contributed by atoms with Gasteiger partial charge in [0.25, 0.3) is 5.91 Å². The van der Waals surface area contributed by atoms with E-state index in [1.165, 1.54) is 12.1 Å². The van der Waals surface area contributed by atoms with Gasteiger partial charge < -0.3 is 15.0 Å². The van der Waals surface area contributed by atoms with Crippen molar-refractivity contribution in [1.29, 1.82) is 0 Å². The van der Waals surface area contributed by atoms with Crippen LogP contribution in [0.15, 0.2) is 48.5 Å². The Bertz CT molecular complexity index is 776. The lowest BCUT2D eigenvalue weighted by Gasteiger charge is -2.15. The third-order valence-corrected chi connectivity index (χ3v) is 4.12. The number of carbonyl (C=O) groups excluding carboxylic acids is 2. The summed E-state index contributed by atoms with van der Waals surface area (Å²) < 4.78 is 28.5. The Morgan fingerprint density at radius 3 is 2.38 bits per heavy atom. The number of halogens is 2. The maximum atomic E-state index is 12.2. The quantitative estimate of drug-likeness (QED) is 0.860. The summed E-state index contributed by atoms with van der Waals surface area (Å²) >= 11 is 0. The minimum Gasteiger partial charge on any atom is -0.435 e. The summed E-state index contributed by atoms with van der Waals surface area (Å²) in [4.78, 5) is 25.7. The van der Waals surface area contributed by atoms with Crippen LogP contribution >= 0.6 is 0 Å². The van der Waals surface area contributed by atoms with Crippen LogP contribution in [0.2, 0.25) is 0 Å². The number of ether oxygens (including phenoxy) is 1. The molecule has 2 aromatic carbocycles. The summed E-state index contributed by atoms with van der Waals surface area (Å²) in [5.41, 5.74) is 2.04. The molecule has 2 aromatic rings. The molecule has 1 saturated heterocycles. The van der Waals surface area contributed by atoms with Crippen molar-refractivity contribution in [2.24, 2.45) is 0 Å². The third kappa shape index (κ3) is 4.36. The summed E-state index contributed by atoms with van der Waals surface area (Å²) in [7, 11) is 0. The first kappa shape index (κ1) is 17.8. The standard InChI is InChI=1S/C19H18F2N2O3/c20-19(21)26-16-9-3-13(4-10-16)12-22-18(25)14-5-7-15(8-6-14)23-11-1-2-17(23)24/h3-10,19H,1-2,11-12H2,(H,22,25). The van der Waals surface area contributed by atoms with Gasteiger partial charge in [0.2, 0.25) is 5.91 Å². The van der Waals surface area contributed by atoms with E-state index < -0.39 is 6.61 Å². The predicted octanol–water partition coefficient (Wildman–Crippen LogP) is 3.34. The number of rotatable bonds is 6. The summed E-state index contributed by atoms with van der Waals surface area (Å²) in [6.07, 6.45) is 1.41. The van der Waals surface area contributed by atoms with Crippen LogP contribution in [-0.4, -0.2) is 25.0 Å². The molecule has 0 bridgehead atoms. The fourth-order valence-corrected chi connectivity index (χ4v) is 2.79. The molecule has 0 spiro atoms. The van der Waals surface area contributed by atoms with E-state index in [9.17, 15) is 18.4 Å². The molecule has 1 aliphatic heterocycles.